The van der Waals surface area contributed by atoms with E-state index in [1.54, 1.807) is 17.1 Å². The molecule has 0 amide bonds. The smallest absolute Gasteiger partial charge is 0.220 e. The second-order valence-electron chi connectivity index (χ2n) is 6.85. The summed E-state index contributed by atoms with van der Waals surface area (Å²) in [5.74, 6) is 8.19. The first kappa shape index (κ1) is 23.9. The van der Waals surface area contributed by atoms with Gasteiger partial charge in [-0.25, -0.2) is 14.7 Å². The summed E-state index contributed by atoms with van der Waals surface area (Å²) >= 11 is 0. The number of pyridine rings is 1. The number of nitrogens with zero attached hydrogens (tertiary/aromatic N) is 4. The Morgan fingerprint density at radius 1 is 1.32 bits per heavy atom. The number of hydrazine groups is 1. The van der Waals surface area contributed by atoms with Crippen molar-refractivity contribution >= 4 is 11.5 Å². The van der Waals surface area contributed by atoms with Crippen LogP contribution in [0.3, 0.4) is 0 Å². The molecule has 3 rings (SSSR count). The normalized spacial score (nSPS) is 17.4. The summed E-state index contributed by atoms with van der Waals surface area (Å²) in [5, 5.41) is 7.52. The molecule has 9 nitrogen and oxygen atoms in total. The van der Waals surface area contributed by atoms with Gasteiger partial charge in [0.25, 0.3) is 0 Å². The zero-order chi connectivity index (χ0) is 22.6. The van der Waals surface area contributed by atoms with Crippen molar-refractivity contribution in [3.63, 3.8) is 0 Å². The SMILES string of the molecule is C/C=C/C(NN)=C1\N=C(/C)c2cnn(C)c2OCCCOc2ccnc(c2)N1.CCC. The van der Waals surface area contributed by atoms with Crippen molar-refractivity contribution in [3.8, 4) is 11.6 Å². The Kier molecular flexibility index (Phi) is 9.57. The molecule has 2 aromatic heterocycles. The number of nitrogens with one attached hydrogen (secondary N) is 2. The largest absolute Gasteiger partial charge is 0.493 e. The van der Waals surface area contributed by atoms with Crippen molar-refractivity contribution in [2.75, 3.05) is 18.5 Å². The number of anilines is 1. The maximum absolute atomic E-state index is 5.93. The van der Waals surface area contributed by atoms with Gasteiger partial charge in [0.1, 0.15) is 11.6 Å². The van der Waals surface area contributed by atoms with E-state index in [0.717, 1.165) is 17.7 Å². The number of nitrogens with two attached hydrogens (primary N) is 1. The Balaban J connectivity index is 0.00000107. The lowest BCUT2D eigenvalue weighted by Crippen LogP contribution is -2.23. The average Bonchev–Trinajstić information content (AvgIpc) is 3.12. The number of hydrogen-bond acceptors (Lipinski definition) is 8. The second kappa shape index (κ2) is 12.4. The van der Waals surface area contributed by atoms with Crippen molar-refractivity contribution in [1.82, 2.24) is 20.2 Å². The van der Waals surface area contributed by atoms with Crippen LogP contribution in [-0.4, -0.2) is 33.7 Å². The third-order valence-electron chi connectivity index (χ3n) is 4.07. The first-order chi connectivity index (χ1) is 15.0. The van der Waals surface area contributed by atoms with Gasteiger partial charge in [0.2, 0.25) is 5.88 Å². The van der Waals surface area contributed by atoms with Crippen LogP contribution in [0.15, 0.2) is 53.2 Å². The van der Waals surface area contributed by atoms with Gasteiger partial charge >= 0.3 is 0 Å². The van der Waals surface area contributed by atoms with Crippen LogP contribution < -0.4 is 26.1 Å². The highest BCUT2D eigenvalue weighted by Gasteiger charge is 2.15. The van der Waals surface area contributed by atoms with Gasteiger partial charge < -0.3 is 20.2 Å². The van der Waals surface area contributed by atoms with Gasteiger partial charge in [-0.2, -0.15) is 5.10 Å². The van der Waals surface area contributed by atoms with Crippen molar-refractivity contribution in [3.05, 3.63) is 53.8 Å². The Bertz CT molecular complexity index is 932. The number of aliphatic imine (C=N–C) groups is 1. The van der Waals surface area contributed by atoms with Crippen LogP contribution in [-0.2, 0) is 7.05 Å². The second-order valence-corrected chi connectivity index (χ2v) is 6.85. The Hall–Kier alpha value is -3.33. The highest BCUT2D eigenvalue weighted by Crippen LogP contribution is 2.22. The van der Waals surface area contributed by atoms with Gasteiger partial charge in [-0.1, -0.05) is 26.3 Å². The molecule has 0 unspecified atom stereocenters. The fourth-order valence-electron chi connectivity index (χ4n) is 2.70. The summed E-state index contributed by atoms with van der Waals surface area (Å²) in [7, 11) is 1.84. The van der Waals surface area contributed by atoms with Crippen LogP contribution in [0.1, 0.15) is 46.1 Å². The molecule has 0 saturated heterocycles. The minimum absolute atomic E-state index is 0.507. The van der Waals surface area contributed by atoms with Crippen molar-refractivity contribution in [2.24, 2.45) is 17.9 Å². The first-order valence-corrected chi connectivity index (χ1v) is 10.4. The summed E-state index contributed by atoms with van der Waals surface area (Å²) in [4.78, 5) is 9.09. The van der Waals surface area contributed by atoms with E-state index >= 15 is 0 Å². The number of rotatable bonds is 2. The molecule has 9 heteroatoms. The fraction of sp³-hybridized carbons (Fsp3) is 0.409. The molecule has 4 N–H and O–H groups in total. The third-order valence-corrected chi connectivity index (χ3v) is 4.07. The number of hydrogen-bond donors (Lipinski definition) is 3. The summed E-state index contributed by atoms with van der Waals surface area (Å²) in [6.07, 6.45) is 9.09. The molecule has 1 aliphatic heterocycles. The molecular formula is C22H33N7O2. The number of allylic oxidation sites excluding steroid dienone is 2. The van der Waals surface area contributed by atoms with E-state index in [1.807, 2.05) is 45.2 Å². The molecule has 2 aromatic rings. The molecule has 0 fully saturated rings. The number of aromatic nitrogens is 3. The predicted molar refractivity (Wildman–Crippen MR) is 124 cm³/mol. The standard InChI is InChI=1S/C19H25N7O2.C3H8/c1-4-6-16(25-20)18-23-13(2)15-12-22-26(3)19(15)28-10-5-9-27-14-7-8-21-17(11-14)24-18;1-3-2/h4,6-8,11-12,25H,5,9-10,20H2,1-3H3,(H,21,24);3H2,1-2H3/b6-4+,18-16-,23-13+;. The molecule has 0 radical (unpaired) electrons. The van der Waals surface area contributed by atoms with Crippen LogP contribution in [0.25, 0.3) is 0 Å². The summed E-state index contributed by atoms with van der Waals surface area (Å²) < 4.78 is 13.4. The lowest BCUT2D eigenvalue weighted by atomic mass is 10.2. The summed E-state index contributed by atoms with van der Waals surface area (Å²) in [6, 6.07) is 3.62. The predicted octanol–water partition coefficient (Wildman–Crippen LogP) is 3.52. The van der Waals surface area contributed by atoms with Gasteiger partial charge in [0.15, 0.2) is 5.82 Å². The monoisotopic (exact) mass is 427 g/mol. The third kappa shape index (κ3) is 6.85. The van der Waals surface area contributed by atoms with Crippen LogP contribution in [0.5, 0.6) is 11.6 Å². The Labute approximate surface area is 184 Å². The molecule has 3 heterocycles. The Morgan fingerprint density at radius 2 is 2.06 bits per heavy atom. The molecule has 0 atom stereocenters. The van der Waals surface area contributed by atoms with E-state index in [4.69, 9.17) is 20.3 Å². The summed E-state index contributed by atoms with van der Waals surface area (Å²) in [5.41, 5.74) is 4.82. The van der Waals surface area contributed by atoms with E-state index in [2.05, 4.69) is 34.7 Å². The number of aryl methyl sites for hydroxylation is 1. The maximum atomic E-state index is 5.93. The highest BCUT2D eigenvalue weighted by molar-refractivity contribution is 6.01. The van der Waals surface area contributed by atoms with E-state index in [0.29, 0.717) is 42.2 Å². The van der Waals surface area contributed by atoms with Crippen molar-refractivity contribution in [1.29, 1.82) is 0 Å². The molecular weight excluding hydrogens is 394 g/mol. The number of ether oxygens (including phenoxy) is 2. The number of fused-ring (bicyclic) bond motifs is 3. The molecule has 168 valence electrons. The Morgan fingerprint density at radius 3 is 2.77 bits per heavy atom. The molecule has 0 aliphatic carbocycles. The molecule has 0 spiro atoms. The molecule has 31 heavy (non-hydrogen) atoms. The van der Waals surface area contributed by atoms with Crippen molar-refractivity contribution < 1.29 is 9.47 Å². The fourth-order valence-corrected chi connectivity index (χ4v) is 2.70. The van der Waals surface area contributed by atoms with Crippen LogP contribution >= 0.6 is 0 Å². The molecule has 2 bridgehead atoms. The lowest BCUT2D eigenvalue weighted by Gasteiger charge is -2.15. The van der Waals surface area contributed by atoms with Crippen molar-refractivity contribution in [2.45, 2.75) is 40.5 Å². The van der Waals surface area contributed by atoms with E-state index in [1.165, 1.54) is 6.42 Å². The van der Waals surface area contributed by atoms with Crippen LogP contribution in [0.4, 0.5) is 5.82 Å². The summed E-state index contributed by atoms with van der Waals surface area (Å²) in [6.45, 7) is 9.08. The first-order valence-electron chi connectivity index (χ1n) is 10.4. The zero-order valence-corrected chi connectivity index (χ0v) is 19.0. The molecule has 0 aromatic carbocycles. The lowest BCUT2D eigenvalue weighted by molar-refractivity contribution is 0.235. The van der Waals surface area contributed by atoms with Crippen LogP contribution in [0, 0.1) is 0 Å². The van der Waals surface area contributed by atoms with Gasteiger partial charge in [-0.05, 0) is 26.0 Å². The van der Waals surface area contributed by atoms with Crippen LogP contribution in [0.2, 0.25) is 0 Å². The van der Waals surface area contributed by atoms with E-state index < -0.39 is 0 Å². The highest BCUT2D eigenvalue weighted by atomic mass is 16.5. The van der Waals surface area contributed by atoms with Gasteiger partial charge in [0, 0.05) is 25.7 Å². The van der Waals surface area contributed by atoms with Gasteiger partial charge in [-0.15, -0.1) is 0 Å². The molecule has 0 saturated carbocycles. The van der Waals surface area contributed by atoms with E-state index in [9.17, 15) is 0 Å². The maximum Gasteiger partial charge on any atom is 0.220 e. The quantitative estimate of drug-likeness (QED) is 0.496. The average molecular weight is 428 g/mol. The van der Waals surface area contributed by atoms with Gasteiger partial charge in [0.05, 0.1) is 36.4 Å². The topological polar surface area (TPSA) is 112 Å². The minimum atomic E-state index is 0.507. The van der Waals surface area contributed by atoms with E-state index in [-0.39, 0.29) is 0 Å². The molecule has 1 aliphatic rings. The zero-order valence-electron chi connectivity index (χ0n) is 19.0. The minimum Gasteiger partial charge on any atom is -0.493 e. The van der Waals surface area contributed by atoms with Gasteiger partial charge in [-0.3, -0.25) is 5.84 Å².